The second-order valence-corrected chi connectivity index (χ2v) is 5.30. The third-order valence-electron chi connectivity index (χ3n) is 3.25. The van der Waals surface area contributed by atoms with Crippen LogP contribution in [0.3, 0.4) is 0 Å². The molecular formula is C14H17F4N3O2. The van der Waals surface area contributed by atoms with E-state index in [1.54, 1.807) is 11.0 Å². The van der Waals surface area contributed by atoms with Gasteiger partial charge in [-0.25, -0.2) is 9.37 Å². The van der Waals surface area contributed by atoms with Gasteiger partial charge in [-0.3, -0.25) is 9.69 Å². The quantitative estimate of drug-likeness (QED) is 0.804. The first-order chi connectivity index (χ1) is 10.8. The van der Waals surface area contributed by atoms with Gasteiger partial charge >= 0.3 is 6.18 Å². The molecule has 2 rings (SSSR count). The first kappa shape index (κ1) is 17.5. The van der Waals surface area contributed by atoms with Crippen molar-refractivity contribution in [2.75, 3.05) is 26.2 Å². The number of pyridine rings is 1. The number of carbonyl (C=O) groups is 1. The van der Waals surface area contributed by atoms with Crippen LogP contribution in [0.5, 0.6) is 5.88 Å². The molecule has 1 aromatic heterocycles. The molecule has 1 saturated heterocycles. The van der Waals surface area contributed by atoms with Crippen LogP contribution in [0.25, 0.3) is 0 Å². The maximum absolute atomic E-state index is 13.0. The number of alkyl halides is 4. The Morgan fingerprint density at radius 1 is 1.48 bits per heavy atom. The Morgan fingerprint density at radius 2 is 2.26 bits per heavy atom. The van der Waals surface area contributed by atoms with Gasteiger partial charge in [0.1, 0.15) is 6.17 Å². The highest BCUT2D eigenvalue weighted by atomic mass is 19.4. The molecule has 9 heteroatoms. The van der Waals surface area contributed by atoms with E-state index < -0.39 is 19.0 Å². The molecule has 1 N–H and O–H groups in total. The predicted octanol–water partition coefficient (Wildman–Crippen LogP) is 1.68. The number of hydrogen-bond acceptors (Lipinski definition) is 4. The molecule has 128 valence electrons. The van der Waals surface area contributed by atoms with Gasteiger partial charge in [0.05, 0.1) is 6.54 Å². The summed E-state index contributed by atoms with van der Waals surface area (Å²) >= 11 is 0. The average Bonchev–Trinajstić information content (AvgIpc) is 2.88. The van der Waals surface area contributed by atoms with Crippen LogP contribution in [-0.4, -0.2) is 54.4 Å². The summed E-state index contributed by atoms with van der Waals surface area (Å²) in [5.74, 6) is -0.428. The molecule has 1 atom stereocenters. The number of aromatic nitrogens is 1. The van der Waals surface area contributed by atoms with Crippen molar-refractivity contribution in [3.05, 3.63) is 23.9 Å². The van der Waals surface area contributed by atoms with E-state index in [2.05, 4.69) is 15.0 Å². The smallest absolute Gasteiger partial charge is 0.422 e. The van der Waals surface area contributed by atoms with Crippen LogP contribution in [0.4, 0.5) is 17.6 Å². The van der Waals surface area contributed by atoms with Crippen LogP contribution in [0.15, 0.2) is 18.3 Å². The summed E-state index contributed by atoms with van der Waals surface area (Å²) in [7, 11) is 0. The minimum atomic E-state index is -4.43. The Bertz CT molecular complexity index is 539. The van der Waals surface area contributed by atoms with Crippen molar-refractivity contribution in [3.63, 3.8) is 0 Å². The minimum Gasteiger partial charge on any atom is -0.468 e. The Labute approximate surface area is 130 Å². The fraction of sp³-hybridized carbons (Fsp3) is 0.571. The third-order valence-corrected chi connectivity index (χ3v) is 3.25. The molecule has 23 heavy (non-hydrogen) atoms. The van der Waals surface area contributed by atoms with E-state index in [9.17, 15) is 22.4 Å². The fourth-order valence-electron chi connectivity index (χ4n) is 2.18. The van der Waals surface area contributed by atoms with Gasteiger partial charge in [-0.05, 0) is 18.1 Å². The van der Waals surface area contributed by atoms with Gasteiger partial charge in [-0.2, -0.15) is 13.2 Å². The maximum atomic E-state index is 13.0. The lowest BCUT2D eigenvalue weighted by Crippen LogP contribution is -2.35. The van der Waals surface area contributed by atoms with Gasteiger partial charge < -0.3 is 10.1 Å². The van der Waals surface area contributed by atoms with Crippen molar-refractivity contribution >= 4 is 5.91 Å². The zero-order valence-electron chi connectivity index (χ0n) is 12.3. The number of nitrogens with zero attached hydrogens (tertiary/aromatic N) is 2. The second kappa shape index (κ2) is 7.58. The highest BCUT2D eigenvalue weighted by molar-refractivity contribution is 5.78. The summed E-state index contributed by atoms with van der Waals surface area (Å²) in [6.45, 7) is -0.397. The second-order valence-electron chi connectivity index (χ2n) is 5.30. The summed E-state index contributed by atoms with van der Waals surface area (Å²) in [4.78, 5) is 17.1. The van der Waals surface area contributed by atoms with Gasteiger partial charge in [-0.15, -0.1) is 0 Å². The van der Waals surface area contributed by atoms with E-state index in [-0.39, 0.29) is 31.4 Å². The van der Waals surface area contributed by atoms with E-state index in [1.807, 2.05) is 0 Å². The van der Waals surface area contributed by atoms with Crippen molar-refractivity contribution in [2.45, 2.75) is 25.3 Å². The molecule has 5 nitrogen and oxygen atoms in total. The van der Waals surface area contributed by atoms with Crippen LogP contribution < -0.4 is 10.1 Å². The number of ether oxygens (including phenoxy) is 1. The largest absolute Gasteiger partial charge is 0.468 e. The molecular weight excluding hydrogens is 318 g/mol. The lowest BCUT2D eigenvalue weighted by Gasteiger charge is -2.14. The molecule has 0 spiro atoms. The highest BCUT2D eigenvalue weighted by Crippen LogP contribution is 2.17. The van der Waals surface area contributed by atoms with E-state index in [4.69, 9.17) is 0 Å². The maximum Gasteiger partial charge on any atom is 0.422 e. The standard InChI is InChI=1S/C14H17F4N3O2/c15-11-2-4-21(7-11)8-12(22)20-6-10-1-3-19-13(5-10)23-9-14(16,17)18/h1,3,5,11H,2,4,6-9H2,(H,20,22)/t11-/m1/s1. The summed E-state index contributed by atoms with van der Waals surface area (Å²) < 4.78 is 53.8. The molecule has 2 heterocycles. The molecule has 1 aliphatic rings. The third kappa shape index (κ3) is 6.39. The van der Waals surface area contributed by atoms with Crippen LogP contribution in [0.1, 0.15) is 12.0 Å². The molecule has 1 aliphatic heterocycles. The zero-order chi connectivity index (χ0) is 16.9. The Hall–Kier alpha value is -1.90. The number of carbonyl (C=O) groups excluding carboxylic acids is 1. The normalized spacial score (nSPS) is 18.9. The lowest BCUT2D eigenvalue weighted by atomic mass is 10.2. The summed E-state index contributed by atoms with van der Waals surface area (Å²) in [6, 6.07) is 2.90. The topological polar surface area (TPSA) is 54.5 Å². The van der Waals surface area contributed by atoms with Crippen molar-refractivity contribution < 1.29 is 27.1 Å². The predicted molar refractivity (Wildman–Crippen MR) is 73.6 cm³/mol. The van der Waals surface area contributed by atoms with Crippen LogP contribution in [-0.2, 0) is 11.3 Å². The van der Waals surface area contributed by atoms with Gasteiger partial charge in [-0.1, -0.05) is 0 Å². The van der Waals surface area contributed by atoms with Crippen molar-refractivity contribution in [3.8, 4) is 5.88 Å². The Morgan fingerprint density at radius 3 is 2.91 bits per heavy atom. The van der Waals surface area contributed by atoms with Gasteiger partial charge in [0.15, 0.2) is 6.61 Å². The number of nitrogens with one attached hydrogen (secondary N) is 1. The average molecular weight is 335 g/mol. The molecule has 0 radical (unpaired) electrons. The SMILES string of the molecule is O=C(CN1CC[C@@H](F)C1)NCc1ccnc(OCC(F)(F)F)c1. The van der Waals surface area contributed by atoms with Gasteiger partial charge in [0.25, 0.3) is 0 Å². The number of amides is 1. The van der Waals surface area contributed by atoms with E-state index in [0.29, 0.717) is 18.5 Å². The van der Waals surface area contributed by atoms with E-state index in [1.165, 1.54) is 12.3 Å². The monoisotopic (exact) mass is 335 g/mol. The molecule has 1 amide bonds. The Balaban J connectivity index is 1.77. The number of rotatable bonds is 6. The molecule has 0 saturated carbocycles. The van der Waals surface area contributed by atoms with Crippen LogP contribution in [0, 0.1) is 0 Å². The molecule has 1 fully saturated rings. The van der Waals surface area contributed by atoms with Crippen molar-refractivity contribution in [2.24, 2.45) is 0 Å². The summed E-state index contributed by atoms with van der Waals surface area (Å²) in [5.41, 5.74) is 0.565. The van der Waals surface area contributed by atoms with E-state index >= 15 is 0 Å². The van der Waals surface area contributed by atoms with Gasteiger partial charge in [0.2, 0.25) is 11.8 Å². The number of likely N-dealkylation sites (tertiary alicyclic amines) is 1. The summed E-state index contributed by atoms with van der Waals surface area (Å²) in [5, 5.41) is 2.63. The zero-order valence-corrected chi connectivity index (χ0v) is 12.3. The van der Waals surface area contributed by atoms with Crippen LogP contribution in [0.2, 0.25) is 0 Å². The van der Waals surface area contributed by atoms with Crippen molar-refractivity contribution in [1.29, 1.82) is 0 Å². The van der Waals surface area contributed by atoms with Crippen LogP contribution >= 0.6 is 0 Å². The van der Waals surface area contributed by atoms with Gasteiger partial charge in [0, 0.05) is 31.9 Å². The number of halogens is 4. The Kier molecular flexibility index (Phi) is 5.75. The minimum absolute atomic E-state index is 0.100. The molecule has 0 bridgehead atoms. The summed E-state index contributed by atoms with van der Waals surface area (Å²) in [6.07, 6.45) is -3.59. The fourth-order valence-corrected chi connectivity index (χ4v) is 2.18. The van der Waals surface area contributed by atoms with Crippen molar-refractivity contribution in [1.82, 2.24) is 15.2 Å². The molecule has 0 aliphatic carbocycles. The molecule has 1 aromatic rings. The first-order valence-electron chi connectivity index (χ1n) is 7.09. The highest BCUT2D eigenvalue weighted by Gasteiger charge is 2.28. The molecule has 0 aromatic carbocycles. The lowest BCUT2D eigenvalue weighted by molar-refractivity contribution is -0.154. The van der Waals surface area contributed by atoms with E-state index in [0.717, 1.165) is 0 Å². The first-order valence-corrected chi connectivity index (χ1v) is 7.09. The number of hydrogen-bond donors (Lipinski definition) is 1. The molecule has 0 unspecified atom stereocenters.